The lowest BCUT2D eigenvalue weighted by atomic mass is 10.0. The number of aromatic nitrogens is 6. The first-order valence-corrected chi connectivity index (χ1v) is 14.7. The summed E-state index contributed by atoms with van der Waals surface area (Å²) in [5.41, 5.74) is 10.3. The number of rotatable bonds is 10. The molecule has 43 heavy (non-hydrogen) atoms. The number of hydrogen-bond donors (Lipinski definition) is 1. The molecule has 5 heterocycles. The van der Waals surface area contributed by atoms with Crippen molar-refractivity contribution in [3.05, 3.63) is 60.1 Å². The van der Waals surface area contributed by atoms with E-state index in [4.69, 9.17) is 20.4 Å². The van der Waals surface area contributed by atoms with Crippen molar-refractivity contribution < 1.29 is 18.3 Å². The number of hydrogen-bond acceptors (Lipinski definition) is 6. The number of nitrogens with two attached hydrogens (primary N) is 1. The minimum absolute atomic E-state index is 0.170. The number of ether oxygens (including phenoxy) is 1. The summed E-state index contributed by atoms with van der Waals surface area (Å²) >= 11 is 0. The predicted molar refractivity (Wildman–Crippen MR) is 158 cm³/mol. The van der Waals surface area contributed by atoms with Crippen LogP contribution in [0.15, 0.2) is 42.9 Å². The molecule has 1 aliphatic heterocycles. The number of fused-ring (bicyclic) bond motifs is 3. The van der Waals surface area contributed by atoms with Crippen LogP contribution in [0, 0.1) is 11.9 Å². The summed E-state index contributed by atoms with van der Waals surface area (Å²) < 4.78 is 38.9. The molecule has 0 radical (unpaired) electrons. The summed E-state index contributed by atoms with van der Waals surface area (Å²) in [6, 6.07) is 9.25. The van der Waals surface area contributed by atoms with E-state index in [1.165, 1.54) is 25.4 Å². The number of benzene rings is 1. The third kappa shape index (κ3) is 5.13. The largest absolute Gasteiger partial charge is 0.487 e. The smallest absolute Gasteiger partial charge is 0.255 e. The highest BCUT2D eigenvalue weighted by Gasteiger charge is 2.30. The van der Waals surface area contributed by atoms with Crippen molar-refractivity contribution in [3.8, 4) is 17.3 Å². The van der Waals surface area contributed by atoms with Gasteiger partial charge in [-0.05, 0) is 43.9 Å². The number of carbonyl (C=O) groups is 1. The van der Waals surface area contributed by atoms with Crippen molar-refractivity contribution in [2.75, 3.05) is 19.8 Å². The molecule has 0 saturated heterocycles. The summed E-state index contributed by atoms with van der Waals surface area (Å²) in [4.78, 5) is 28.4. The van der Waals surface area contributed by atoms with Crippen LogP contribution in [0.3, 0.4) is 0 Å². The van der Waals surface area contributed by atoms with Crippen LogP contribution in [0.4, 0.5) is 8.78 Å². The van der Waals surface area contributed by atoms with Crippen LogP contribution in [0.1, 0.15) is 35.8 Å². The molecule has 1 saturated carbocycles. The van der Waals surface area contributed by atoms with Gasteiger partial charge in [0.2, 0.25) is 5.95 Å². The Morgan fingerprint density at radius 1 is 1.19 bits per heavy atom. The van der Waals surface area contributed by atoms with Gasteiger partial charge in [-0.2, -0.15) is 4.39 Å². The fourth-order valence-corrected chi connectivity index (χ4v) is 6.07. The van der Waals surface area contributed by atoms with Crippen LogP contribution in [0.5, 0.6) is 5.75 Å². The molecule has 5 aromatic rings. The summed E-state index contributed by atoms with van der Waals surface area (Å²) in [5.74, 6) is 1.37. The van der Waals surface area contributed by atoms with Gasteiger partial charge in [0.05, 0.1) is 47.6 Å². The summed E-state index contributed by atoms with van der Waals surface area (Å²) in [6.07, 6.45) is 5.51. The summed E-state index contributed by atoms with van der Waals surface area (Å²) in [7, 11) is 1.95. The molecule has 2 atom stereocenters. The number of carbonyl (C=O) groups excluding carboxylic acids is 1. The lowest BCUT2D eigenvalue weighted by Gasteiger charge is -2.29. The number of halogens is 2. The Bertz CT molecular complexity index is 1840. The maximum Gasteiger partial charge on any atom is 0.255 e. The average Bonchev–Trinajstić information content (AvgIpc) is 3.48. The Balaban J connectivity index is 1.27. The van der Waals surface area contributed by atoms with Gasteiger partial charge >= 0.3 is 0 Å². The normalized spacial score (nSPS) is 16.7. The van der Waals surface area contributed by atoms with Gasteiger partial charge in [-0.3, -0.25) is 4.79 Å². The Labute approximate surface area is 247 Å². The Morgan fingerprint density at radius 3 is 2.77 bits per heavy atom. The molecule has 0 spiro atoms. The number of nitrogens with zero attached hydrogens (tertiary/aromatic N) is 7. The SMILES string of the molecule is C[C@@H](Cn1cnc(F)c1)Oc1cccc2cc(-c3nc4cc5c(nc4n3C)CCN(C[C@H](N)CF)C5=O)n(CC3CC3)c12. The first-order chi connectivity index (χ1) is 20.8. The van der Waals surface area contributed by atoms with Gasteiger partial charge in [0, 0.05) is 38.5 Å². The number of aryl methyl sites for hydroxylation is 1. The van der Waals surface area contributed by atoms with E-state index in [9.17, 15) is 13.6 Å². The number of alkyl halides is 1. The second-order valence-electron chi connectivity index (χ2n) is 11.8. The van der Waals surface area contributed by atoms with E-state index in [2.05, 4.69) is 21.7 Å². The zero-order valence-corrected chi connectivity index (χ0v) is 24.2. The number of pyridine rings is 1. The highest BCUT2D eigenvalue weighted by Crippen LogP contribution is 2.39. The third-order valence-corrected chi connectivity index (χ3v) is 8.36. The van der Waals surface area contributed by atoms with E-state index in [-0.39, 0.29) is 18.6 Å². The minimum atomic E-state index is -0.706. The monoisotopic (exact) mass is 588 g/mol. The Kier molecular flexibility index (Phi) is 6.88. The molecule has 224 valence electrons. The van der Waals surface area contributed by atoms with Crippen molar-refractivity contribution in [2.24, 2.45) is 18.7 Å². The lowest BCUT2D eigenvalue weighted by Crippen LogP contribution is -2.45. The zero-order chi connectivity index (χ0) is 29.8. The van der Waals surface area contributed by atoms with Gasteiger partial charge in [-0.15, -0.1) is 0 Å². The van der Waals surface area contributed by atoms with E-state index in [1.54, 1.807) is 15.5 Å². The molecule has 1 aromatic carbocycles. The highest BCUT2D eigenvalue weighted by atomic mass is 19.1. The van der Waals surface area contributed by atoms with Crippen molar-refractivity contribution in [2.45, 2.75) is 51.4 Å². The molecular formula is C31H34F2N8O2. The molecule has 12 heteroatoms. The predicted octanol–water partition coefficient (Wildman–Crippen LogP) is 4.10. The molecule has 1 fully saturated rings. The van der Waals surface area contributed by atoms with Crippen molar-refractivity contribution in [1.82, 2.24) is 33.6 Å². The molecule has 2 N–H and O–H groups in total. The highest BCUT2D eigenvalue weighted by molar-refractivity contribution is 5.99. The van der Waals surface area contributed by atoms with Gasteiger partial charge in [0.25, 0.3) is 5.91 Å². The number of amides is 1. The summed E-state index contributed by atoms with van der Waals surface area (Å²) in [6.45, 7) is 3.19. The van der Waals surface area contributed by atoms with E-state index in [0.29, 0.717) is 42.2 Å². The van der Waals surface area contributed by atoms with Crippen LogP contribution in [0.25, 0.3) is 33.6 Å². The fraction of sp³-hybridized carbons (Fsp3) is 0.419. The fourth-order valence-electron chi connectivity index (χ4n) is 6.07. The molecule has 2 aliphatic rings. The van der Waals surface area contributed by atoms with Crippen molar-refractivity contribution >= 4 is 28.0 Å². The molecule has 1 amide bonds. The van der Waals surface area contributed by atoms with Gasteiger partial charge in [-0.25, -0.2) is 19.3 Å². The molecule has 4 aromatic heterocycles. The zero-order valence-electron chi connectivity index (χ0n) is 24.2. The minimum Gasteiger partial charge on any atom is -0.487 e. The van der Waals surface area contributed by atoms with Gasteiger partial charge in [-0.1, -0.05) is 12.1 Å². The molecule has 0 unspecified atom stereocenters. The van der Waals surface area contributed by atoms with Crippen molar-refractivity contribution in [3.63, 3.8) is 0 Å². The lowest BCUT2D eigenvalue weighted by molar-refractivity contribution is 0.0723. The van der Waals surface area contributed by atoms with Crippen LogP contribution in [-0.4, -0.2) is 71.4 Å². The van der Waals surface area contributed by atoms with Gasteiger partial charge < -0.3 is 29.1 Å². The maximum absolute atomic E-state index is 13.4. The topological polar surface area (TPSA) is 109 Å². The van der Waals surface area contributed by atoms with E-state index < -0.39 is 18.7 Å². The van der Waals surface area contributed by atoms with Crippen LogP contribution < -0.4 is 10.5 Å². The Hall–Kier alpha value is -4.32. The molecule has 0 bridgehead atoms. The molecular weight excluding hydrogens is 554 g/mol. The first kappa shape index (κ1) is 27.5. The number of imidazole rings is 2. The standard InChI is InChI=1S/C31H34F2N8O2/c1-18(13-39-16-27(33)35-17-39)43-26-5-3-4-20-10-25(41(28(20)26)14-19-6-7-19)30-37-24-11-22-23(36-29(24)38(30)2)8-9-40(31(22)42)15-21(34)12-32/h3-5,10-11,16-19,21H,6-9,12-15,34H2,1-2H3/t18-,21+/m0/s1. The molecule has 10 nitrogen and oxygen atoms in total. The van der Waals surface area contributed by atoms with E-state index >= 15 is 0 Å². The second kappa shape index (κ2) is 10.7. The molecule has 1 aliphatic carbocycles. The van der Waals surface area contributed by atoms with Gasteiger partial charge in [0.1, 0.15) is 24.0 Å². The second-order valence-corrected chi connectivity index (χ2v) is 11.8. The van der Waals surface area contributed by atoms with Crippen molar-refractivity contribution in [1.29, 1.82) is 0 Å². The number of para-hydroxylation sites is 1. The third-order valence-electron chi connectivity index (χ3n) is 8.36. The first-order valence-electron chi connectivity index (χ1n) is 14.7. The Morgan fingerprint density at radius 2 is 2.02 bits per heavy atom. The average molecular weight is 589 g/mol. The van der Waals surface area contributed by atoms with Crippen LogP contribution in [0.2, 0.25) is 0 Å². The van der Waals surface area contributed by atoms with Crippen LogP contribution >= 0.6 is 0 Å². The van der Waals surface area contributed by atoms with Crippen LogP contribution in [-0.2, 0) is 26.6 Å². The quantitative estimate of drug-likeness (QED) is 0.263. The van der Waals surface area contributed by atoms with E-state index in [0.717, 1.165) is 40.4 Å². The maximum atomic E-state index is 13.4. The van der Waals surface area contributed by atoms with Gasteiger partial charge in [0.15, 0.2) is 11.5 Å². The van der Waals surface area contributed by atoms with E-state index in [1.807, 2.05) is 30.7 Å². The summed E-state index contributed by atoms with van der Waals surface area (Å²) in [5, 5.41) is 1.03. The molecule has 7 rings (SSSR count).